The molecule has 0 fully saturated rings. The Morgan fingerprint density at radius 2 is 0.688 bits per heavy atom. The van der Waals surface area contributed by atoms with Crippen molar-refractivity contribution in [1.82, 2.24) is 56.1 Å². The zero-order valence-corrected chi connectivity index (χ0v) is 59.5. The fourth-order valence-electron chi connectivity index (χ4n) is 11.3. The van der Waals surface area contributed by atoms with Crippen molar-refractivity contribution >= 4 is 139 Å². The van der Waals surface area contributed by atoms with Gasteiger partial charge in [-0.05, 0) is 169 Å². The average Bonchev–Trinajstić information content (AvgIpc) is 1.65. The Balaban J connectivity index is 0.000000139. The zero-order valence-electron chi connectivity index (χ0n) is 59.5. The molecule has 560 valence electrons. The minimum atomic E-state index is -0.588. The summed E-state index contributed by atoms with van der Waals surface area (Å²) in [6.45, 7) is 3.82. The second-order valence-electron chi connectivity index (χ2n) is 25.2. The van der Waals surface area contributed by atoms with Gasteiger partial charge in [-0.3, -0.25) is 49.5 Å². The number of aromatic nitrogens is 10. The van der Waals surface area contributed by atoms with Crippen molar-refractivity contribution < 1.29 is 54.3 Å². The maximum atomic E-state index is 14.4. The van der Waals surface area contributed by atoms with Gasteiger partial charge in [0.25, 0.3) is 17.7 Å². The molecule has 0 aliphatic heterocycles. The van der Waals surface area contributed by atoms with Gasteiger partial charge in [-0.25, -0.2) is 35.1 Å². The molecule has 0 saturated heterocycles. The van der Waals surface area contributed by atoms with E-state index in [-0.39, 0.29) is 63.5 Å². The third-order valence-corrected chi connectivity index (χ3v) is 17.1. The van der Waals surface area contributed by atoms with Crippen LogP contribution in [0.1, 0.15) is 90.1 Å². The molecule has 15 rings (SSSR count). The van der Waals surface area contributed by atoms with Crippen molar-refractivity contribution in [3.05, 3.63) is 333 Å². The first-order chi connectivity index (χ1) is 54.2. The molecule has 0 spiro atoms. The van der Waals surface area contributed by atoms with Crippen molar-refractivity contribution in [2.24, 2.45) is 5.92 Å². The van der Waals surface area contributed by atoms with Crippen LogP contribution in [-0.2, 0) is 4.79 Å². The number of carbonyl (C=O) groups excluding carboxylic acids is 4. The van der Waals surface area contributed by atoms with Crippen molar-refractivity contribution in [3.63, 3.8) is 0 Å². The van der Waals surface area contributed by atoms with Crippen molar-refractivity contribution in [2.75, 3.05) is 28.3 Å². The van der Waals surface area contributed by atoms with E-state index < -0.39 is 47.0 Å². The maximum absolute atomic E-state index is 14.4. The van der Waals surface area contributed by atoms with Crippen LogP contribution in [0.3, 0.4) is 0 Å². The summed E-state index contributed by atoms with van der Waals surface area (Å²) in [6, 6.07) is 51.6. The number of fused-ring (bicyclic) bond motifs is 4. The molecule has 9 N–H and O–H groups in total. The lowest BCUT2D eigenvalue weighted by molar-refractivity contribution is -0.119. The van der Waals surface area contributed by atoms with Gasteiger partial charge in [-0.2, -0.15) is 20.4 Å². The highest BCUT2D eigenvalue weighted by atomic mass is 19.2. The minimum absolute atomic E-state index is 0.0287. The number of halogens is 8. The van der Waals surface area contributed by atoms with E-state index in [0.717, 1.165) is 22.3 Å². The standard InChI is InChI=1S/C22H15F2N3O.2C21H14F2N4O.C21H22F2N4O/c23-16-9-6-14(7-10-16)8-11-19-17-12-21(18(24)13-20(17)27-26-19)25-22(28)15-4-2-1-3-5-15;22-15-6-3-13(4-7-15)5-8-18-16-10-20(17(23)11-19(16)27-26-18)25-21(28)14-2-1-9-24-12-14;22-14-7-4-13(5-8-14)6-9-17-15-11-20(16(23)12-19(15)27-26-17)25-21(28)18-3-1-2-10-24-18;1-12(2)20(24-3)21(28)25-19-10-15-17(26-27-18(15)11-16(19)23)9-6-13-4-7-14(22)8-5-13/h1-13H,(H,25,28)(H,26,27);2*1-12H,(H,25,28)(H,26,27);4-12,20,24H,1-3H3,(H,25,28)(H,26,27)/b11-8+;8-5+;2*9-6+. The normalized spacial score (nSPS) is 11.6. The first-order valence-electron chi connectivity index (χ1n) is 34.4. The number of nitrogens with zero attached hydrogens (tertiary/aromatic N) is 6. The smallest absolute Gasteiger partial charge is 0.274 e. The van der Waals surface area contributed by atoms with Crippen LogP contribution in [0.4, 0.5) is 57.9 Å². The predicted molar refractivity (Wildman–Crippen MR) is 421 cm³/mol. The van der Waals surface area contributed by atoms with E-state index in [1.807, 2.05) is 13.8 Å². The summed E-state index contributed by atoms with van der Waals surface area (Å²) < 4.78 is 110. The number of nitrogens with one attached hydrogen (secondary N) is 9. The first kappa shape index (κ1) is 77.0. The number of aromatic amines is 4. The summed E-state index contributed by atoms with van der Waals surface area (Å²) in [7, 11) is 1.69. The van der Waals surface area contributed by atoms with E-state index in [1.165, 1.54) is 97.3 Å². The maximum Gasteiger partial charge on any atom is 0.274 e. The lowest BCUT2D eigenvalue weighted by Crippen LogP contribution is -2.42. The van der Waals surface area contributed by atoms with E-state index in [1.54, 1.807) is 183 Å². The Morgan fingerprint density at radius 3 is 1.01 bits per heavy atom. The summed E-state index contributed by atoms with van der Waals surface area (Å²) in [4.78, 5) is 57.1. The van der Waals surface area contributed by atoms with Crippen LogP contribution >= 0.6 is 0 Å². The fraction of sp³-hybridized carbons (Fsp3) is 0.0588. The van der Waals surface area contributed by atoms with E-state index in [4.69, 9.17) is 0 Å². The molecule has 4 amide bonds. The van der Waals surface area contributed by atoms with Gasteiger partial charge >= 0.3 is 0 Å². The molecular weight excluding hydrogens is 1450 g/mol. The van der Waals surface area contributed by atoms with Crippen LogP contribution in [0.2, 0.25) is 0 Å². The Bertz CT molecular complexity index is 5530. The number of carbonyl (C=O) groups is 4. The van der Waals surface area contributed by atoms with Gasteiger partial charge in [0.2, 0.25) is 5.91 Å². The van der Waals surface area contributed by atoms with Crippen molar-refractivity contribution in [1.29, 1.82) is 0 Å². The van der Waals surface area contributed by atoms with Gasteiger partial charge in [0.15, 0.2) is 0 Å². The number of hydrogen-bond donors (Lipinski definition) is 9. The average molecular weight is 1510 g/mol. The summed E-state index contributed by atoms with van der Waals surface area (Å²) in [5.41, 5.74) is 8.69. The molecule has 1 atom stereocenters. The van der Waals surface area contributed by atoms with E-state index in [2.05, 4.69) is 77.3 Å². The Kier molecular flexibility index (Phi) is 24.7. The SMILES string of the molecule is CNC(C(=O)Nc1cc2c(/C=C/c3ccc(F)cc3)n[nH]c2cc1F)C(C)C.O=C(Nc1cc2c(/C=C/c3ccc(F)cc3)n[nH]c2cc1F)c1ccccc1.O=C(Nc1cc2c(/C=C/c3ccc(F)cc3)n[nH]c2cc1F)c1ccccn1.O=C(Nc1cc2c(/C=C/c3ccc(F)cc3)n[nH]c2cc1F)c1cccnc1. The number of amides is 4. The van der Waals surface area contributed by atoms with Gasteiger partial charge in [-0.15, -0.1) is 0 Å². The molecule has 0 saturated carbocycles. The van der Waals surface area contributed by atoms with E-state index >= 15 is 0 Å². The van der Waals surface area contributed by atoms with Crippen LogP contribution < -0.4 is 26.6 Å². The Morgan fingerprint density at radius 1 is 0.357 bits per heavy atom. The molecule has 19 nitrogen and oxygen atoms in total. The Hall–Kier alpha value is -14.6. The van der Waals surface area contributed by atoms with Crippen LogP contribution in [0, 0.1) is 52.5 Å². The Labute approximate surface area is 633 Å². The summed E-state index contributed by atoms with van der Waals surface area (Å²) >= 11 is 0. The van der Waals surface area contributed by atoms with Crippen LogP contribution in [0.5, 0.6) is 0 Å². The molecule has 0 aliphatic rings. The number of hydrogen-bond acceptors (Lipinski definition) is 11. The second kappa shape index (κ2) is 35.9. The third kappa shape index (κ3) is 19.8. The molecule has 0 bridgehead atoms. The third-order valence-electron chi connectivity index (χ3n) is 17.1. The molecule has 0 radical (unpaired) electrons. The molecule has 6 aromatic heterocycles. The molecule has 112 heavy (non-hydrogen) atoms. The lowest BCUT2D eigenvalue weighted by atomic mass is 10.0. The van der Waals surface area contributed by atoms with Gasteiger partial charge in [0, 0.05) is 70.0 Å². The van der Waals surface area contributed by atoms with Gasteiger partial charge in [0.05, 0.1) is 79.2 Å². The van der Waals surface area contributed by atoms with E-state index in [0.29, 0.717) is 77.5 Å². The monoisotopic (exact) mass is 1510 g/mol. The van der Waals surface area contributed by atoms with Gasteiger partial charge in [0.1, 0.15) is 52.2 Å². The fourth-order valence-corrected chi connectivity index (χ4v) is 11.3. The topological polar surface area (TPSA) is 269 Å². The van der Waals surface area contributed by atoms with Crippen molar-refractivity contribution in [3.8, 4) is 0 Å². The highest BCUT2D eigenvalue weighted by Gasteiger charge is 2.23. The highest BCUT2D eigenvalue weighted by molar-refractivity contribution is 6.08. The quantitative estimate of drug-likeness (QED) is 0.0365. The first-order valence-corrected chi connectivity index (χ1v) is 34.4. The second-order valence-corrected chi connectivity index (χ2v) is 25.2. The van der Waals surface area contributed by atoms with Crippen LogP contribution in [-0.4, -0.2) is 87.5 Å². The zero-order chi connectivity index (χ0) is 78.8. The number of benzene rings is 9. The van der Waals surface area contributed by atoms with E-state index in [9.17, 15) is 54.3 Å². The van der Waals surface area contributed by atoms with Crippen molar-refractivity contribution in [2.45, 2.75) is 19.9 Å². The largest absolute Gasteiger partial charge is 0.322 e. The molecule has 27 heteroatoms. The summed E-state index contributed by atoms with van der Waals surface area (Å²) in [6.07, 6.45) is 18.5. The molecule has 9 aromatic carbocycles. The minimum Gasteiger partial charge on any atom is -0.322 e. The lowest BCUT2D eigenvalue weighted by Gasteiger charge is -2.19. The molecular formula is C85H65F8N15O4. The van der Waals surface area contributed by atoms with Gasteiger partial charge in [-0.1, -0.05) is 111 Å². The number of rotatable bonds is 18. The molecule has 15 aromatic rings. The molecule has 6 heterocycles. The molecule has 0 aliphatic carbocycles. The van der Waals surface area contributed by atoms with Crippen LogP contribution in [0.15, 0.2) is 225 Å². The summed E-state index contributed by atoms with van der Waals surface area (Å²) in [5, 5.41) is 43.7. The predicted octanol–water partition coefficient (Wildman–Crippen LogP) is 18.8. The number of pyridine rings is 2. The molecule has 1 unspecified atom stereocenters. The highest BCUT2D eigenvalue weighted by Crippen LogP contribution is 2.31. The summed E-state index contributed by atoms with van der Waals surface area (Å²) in [5.74, 6) is -5.13. The van der Waals surface area contributed by atoms with Gasteiger partial charge < -0.3 is 26.6 Å². The number of likely N-dealkylation sites (N-methyl/N-ethyl adjacent to an activating group) is 1. The number of H-pyrrole nitrogens is 4. The number of anilines is 4. The van der Waals surface area contributed by atoms with Crippen LogP contribution in [0.25, 0.3) is 92.2 Å².